The van der Waals surface area contributed by atoms with E-state index in [1.165, 1.54) is 11.5 Å². The number of nitrogens with one attached hydrogen (secondary N) is 1. The van der Waals surface area contributed by atoms with Gasteiger partial charge in [-0.25, -0.2) is 0 Å². The number of amides is 1. The van der Waals surface area contributed by atoms with Gasteiger partial charge < -0.3 is 5.32 Å². The van der Waals surface area contributed by atoms with Gasteiger partial charge >= 0.3 is 0 Å². The van der Waals surface area contributed by atoms with Crippen LogP contribution in [0.5, 0.6) is 0 Å². The van der Waals surface area contributed by atoms with E-state index < -0.39 is 6.04 Å². The smallest absolute Gasteiger partial charge is 0.255 e. The summed E-state index contributed by atoms with van der Waals surface area (Å²) in [7, 11) is 0. The van der Waals surface area contributed by atoms with Crippen LogP contribution in [0.25, 0.3) is 0 Å². The van der Waals surface area contributed by atoms with Crippen LogP contribution in [0, 0.1) is 18.3 Å². The van der Waals surface area contributed by atoms with Crippen molar-refractivity contribution in [3.05, 3.63) is 16.6 Å². The first kappa shape index (κ1) is 9.68. The van der Waals surface area contributed by atoms with Crippen molar-refractivity contribution in [3.8, 4) is 6.07 Å². The van der Waals surface area contributed by atoms with Gasteiger partial charge in [0.1, 0.15) is 6.04 Å². The van der Waals surface area contributed by atoms with Crippen LogP contribution < -0.4 is 5.32 Å². The van der Waals surface area contributed by atoms with E-state index in [4.69, 9.17) is 5.26 Å². The van der Waals surface area contributed by atoms with Crippen LogP contribution in [-0.2, 0) is 0 Å². The van der Waals surface area contributed by atoms with Crippen molar-refractivity contribution >= 4 is 17.4 Å². The van der Waals surface area contributed by atoms with Crippen LogP contribution in [0.4, 0.5) is 0 Å². The molecule has 1 unspecified atom stereocenters. The van der Waals surface area contributed by atoms with E-state index in [0.717, 1.165) is 0 Å². The molecule has 0 aliphatic carbocycles. The number of hydrogen-bond donors (Lipinski definition) is 1. The quantitative estimate of drug-likeness (QED) is 0.768. The van der Waals surface area contributed by atoms with Crippen molar-refractivity contribution in [1.29, 1.82) is 5.26 Å². The van der Waals surface area contributed by atoms with E-state index in [-0.39, 0.29) is 5.91 Å². The van der Waals surface area contributed by atoms with Crippen molar-refractivity contribution in [2.75, 3.05) is 0 Å². The summed E-state index contributed by atoms with van der Waals surface area (Å²) in [4.78, 5) is 11.4. The molecular weight excluding hydrogens is 186 g/mol. The zero-order valence-corrected chi connectivity index (χ0v) is 8.18. The lowest BCUT2D eigenvalue weighted by Crippen LogP contribution is -2.31. The van der Waals surface area contributed by atoms with Gasteiger partial charge in [-0.1, -0.05) is 0 Å². The van der Waals surface area contributed by atoms with Crippen LogP contribution in [0.2, 0.25) is 0 Å². The van der Waals surface area contributed by atoms with Crippen molar-refractivity contribution in [2.45, 2.75) is 19.9 Å². The van der Waals surface area contributed by atoms with Crippen LogP contribution in [-0.4, -0.2) is 16.3 Å². The minimum atomic E-state index is -0.466. The average molecular weight is 195 g/mol. The maximum atomic E-state index is 11.4. The highest BCUT2D eigenvalue weighted by Crippen LogP contribution is 2.08. The van der Waals surface area contributed by atoms with Gasteiger partial charge in [0.05, 0.1) is 17.3 Å². The van der Waals surface area contributed by atoms with Crippen molar-refractivity contribution < 1.29 is 4.79 Å². The van der Waals surface area contributed by atoms with Gasteiger partial charge in [-0.15, -0.1) is 0 Å². The molecule has 0 fully saturated rings. The SMILES string of the molecule is Cc1nscc1C(=O)NC(C)C#N. The third kappa shape index (κ3) is 2.26. The Morgan fingerprint density at radius 3 is 3.00 bits per heavy atom. The van der Waals surface area contributed by atoms with Crippen LogP contribution in [0.3, 0.4) is 0 Å². The normalized spacial score (nSPS) is 11.8. The van der Waals surface area contributed by atoms with E-state index in [1.807, 2.05) is 6.07 Å². The lowest BCUT2D eigenvalue weighted by Gasteiger charge is -2.04. The van der Waals surface area contributed by atoms with E-state index in [9.17, 15) is 4.79 Å². The molecule has 0 aliphatic heterocycles. The van der Waals surface area contributed by atoms with Gasteiger partial charge in [0, 0.05) is 5.38 Å². The number of aryl methyl sites for hydroxylation is 1. The minimum absolute atomic E-state index is 0.236. The molecular formula is C8H9N3OS. The standard InChI is InChI=1S/C8H9N3OS/c1-5(3-9)10-8(12)7-4-13-11-6(7)2/h4-5H,1-2H3,(H,10,12). The Balaban J connectivity index is 2.71. The number of carbonyl (C=O) groups excluding carboxylic acids is 1. The number of hydrogen-bond acceptors (Lipinski definition) is 4. The van der Waals surface area contributed by atoms with E-state index in [0.29, 0.717) is 11.3 Å². The topological polar surface area (TPSA) is 65.8 Å². The second-order valence-electron chi connectivity index (χ2n) is 2.64. The molecule has 1 heterocycles. The lowest BCUT2D eigenvalue weighted by molar-refractivity contribution is 0.0947. The van der Waals surface area contributed by atoms with E-state index in [1.54, 1.807) is 19.2 Å². The monoisotopic (exact) mass is 195 g/mol. The highest BCUT2D eigenvalue weighted by Gasteiger charge is 2.12. The first-order chi connectivity index (χ1) is 6.15. The summed E-state index contributed by atoms with van der Waals surface area (Å²) in [6, 6.07) is 1.46. The Kier molecular flexibility index (Phi) is 2.98. The summed E-state index contributed by atoms with van der Waals surface area (Å²) in [5.74, 6) is -0.236. The molecule has 1 aromatic heterocycles. The molecule has 68 valence electrons. The number of aromatic nitrogens is 1. The molecule has 1 atom stereocenters. The highest BCUT2D eigenvalue weighted by atomic mass is 32.1. The molecule has 0 saturated heterocycles. The first-order valence-corrected chi connectivity index (χ1v) is 4.60. The van der Waals surface area contributed by atoms with Crippen LogP contribution >= 0.6 is 11.5 Å². The van der Waals surface area contributed by atoms with Crippen LogP contribution in [0.1, 0.15) is 23.0 Å². The van der Waals surface area contributed by atoms with Gasteiger partial charge in [0.2, 0.25) is 0 Å². The molecule has 4 nitrogen and oxygen atoms in total. The summed E-state index contributed by atoms with van der Waals surface area (Å²) in [6.07, 6.45) is 0. The Hall–Kier alpha value is -1.41. The summed E-state index contributed by atoms with van der Waals surface area (Å²) in [6.45, 7) is 3.40. The summed E-state index contributed by atoms with van der Waals surface area (Å²) in [5, 5.41) is 12.7. The number of nitrogens with zero attached hydrogens (tertiary/aromatic N) is 2. The highest BCUT2D eigenvalue weighted by molar-refractivity contribution is 7.03. The first-order valence-electron chi connectivity index (χ1n) is 3.76. The van der Waals surface area contributed by atoms with Crippen molar-refractivity contribution in [3.63, 3.8) is 0 Å². The Bertz CT molecular complexity index is 353. The third-order valence-electron chi connectivity index (χ3n) is 1.54. The molecule has 13 heavy (non-hydrogen) atoms. The summed E-state index contributed by atoms with van der Waals surface area (Å²) < 4.78 is 3.97. The lowest BCUT2D eigenvalue weighted by atomic mass is 10.2. The van der Waals surface area contributed by atoms with E-state index in [2.05, 4.69) is 9.69 Å². The van der Waals surface area contributed by atoms with Gasteiger partial charge in [0.25, 0.3) is 5.91 Å². The minimum Gasteiger partial charge on any atom is -0.336 e. The second-order valence-corrected chi connectivity index (χ2v) is 3.27. The Labute approximate surface area is 80.4 Å². The Morgan fingerprint density at radius 2 is 2.54 bits per heavy atom. The fraction of sp³-hybridized carbons (Fsp3) is 0.375. The number of nitriles is 1. The van der Waals surface area contributed by atoms with Crippen molar-refractivity contribution in [2.24, 2.45) is 0 Å². The zero-order valence-electron chi connectivity index (χ0n) is 7.37. The fourth-order valence-electron chi connectivity index (χ4n) is 0.817. The molecule has 1 aromatic rings. The molecule has 5 heteroatoms. The molecule has 0 aromatic carbocycles. The predicted octanol–water partition coefficient (Wildman–Crippen LogP) is 1.09. The van der Waals surface area contributed by atoms with Crippen LogP contribution in [0.15, 0.2) is 5.38 Å². The molecule has 0 saturated carbocycles. The molecule has 0 aliphatic rings. The second kappa shape index (κ2) is 4.01. The molecule has 0 bridgehead atoms. The van der Waals surface area contributed by atoms with Crippen molar-refractivity contribution in [1.82, 2.24) is 9.69 Å². The summed E-state index contributed by atoms with van der Waals surface area (Å²) >= 11 is 1.24. The fourth-order valence-corrected chi connectivity index (χ4v) is 1.51. The number of carbonyl (C=O) groups is 1. The number of rotatable bonds is 2. The van der Waals surface area contributed by atoms with Gasteiger partial charge in [-0.2, -0.15) is 9.64 Å². The third-order valence-corrected chi connectivity index (χ3v) is 2.26. The van der Waals surface area contributed by atoms with E-state index >= 15 is 0 Å². The van der Waals surface area contributed by atoms with Gasteiger partial charge in [-0.3, -0.25) is 4.79 Å². The van der Waals surface area contributed by atoms with Gasteiger partial charge in [-0.05, 0) is 25.4 Å². The average Bonchev–Trinajstić information content (AvgIpc) is 2.51. The zero-order chi connectivity index (χ0) is 9.84. The molecule has 0 radical (unpaired) electrons. The van der Waals surface area contributed by atoms with Gasteiger partial charge in [0.15, 0.2) is 0 Å². The molecule has 1 amide bonds. The Morgan fingerprint density at radius 1 is 1.85 bits per heavy atom. The summed E-state index contributed by atoms with van der Waals surface area (Å²) in [5.41, 5.74) is 1.25. The maximum Gasteiger partial charge on any atom is 0.255 e. The molecule has 0 spiro atoms. The maximum absolute atomic E-state index is 11.4. The largest absolute Gasteiger partial charge is 0.336 e. The molecule has 1 rings (SSSR count). The predicted molar refractivity (Wildman–Crippen MR) is 49.4 cm³/mol. The molecule has 1 N–H and O–H groups in total.